The molecule has 2 aromatic carbocycles. The van der Waals surface area contributed by atoms with Crippen LogP contribution in [-0.2, 0) is 0 Å². The summed E-state index contributed by atoms with van der Waals surface area (Å²) in [5.74, 6) is 0.371. The monoisotopic (exact) mass is 236 g/mol. The van der Waals surface area contributed by atoms with Crippen LogP contribution in [0.15, 0.2) is 48.5 Å². The Morgan fingerprint density at radius 1 is 0.647 bits per heavy atom. The van der Waals surface area contributed by atoms with Gasteiger partial charge >= 0.3 is 0 Å². The molecule has 0 atom stereocenters. The Kier molecular flexibility index (Phi) is 3.55. The summed E-state index contributed by atoms with van der Waals surface area (Å²) in [5, 5.41) is 0. The van der Waals surface area contributed by atoms with E-state index in [0.717, 1.165) is 0 Å². The van der Waals surface area contributed by atoms with Gasteiger partial charge in [0, 0.05) is 0 Å². The van der Waals surface area contributed by atoms with Crippen LogP contribution >= 0.6 is 0 Å². The maximum Gasteiger partial charge on any atom is 0.230 e. The van der Waals surface area contributed by atoms with Crippen molar-refractivity contribution >= 4 is 0 Å². The summed E-state index contributed by atoms with van der Waals surface area (Å²) in [5.41, 5.74) is 0. The van der Waals surface area contributed by atoms with E-state index in [-0.39, 0.29) is 18.4 Å². The fourth-order valence-electron chi connectivity index (χ4n) is 1.23. The first-order valence-electron chi connectivity index (χ1n) is 5.01. The molecule has 0 N–H and O–H groups in total. The van der Waals surface area contributed by atoms with Crippen molar-refractivity contribution in [3.63, 3.8) is 0 Å². The number of rotatable bonds is 4. The van der Waals surface area contributed by atoms with Crippen molar-refractivity contribution in [2.45, 2.75) is 0 Å². The summed E-state index contributed by atoms with van der Waals surface area (Å²) in [6.45, 7) is -0.0166. The first kappa shape index (κ1) is 11.4. The van der Waals surface area contributed by atoms with Gasteiger partial charge in [0.15, 0.2) is 0 Å². The first-order chi connectivity index (χ1) is 8.24. The average molecular weight is 236 g/mol. The molecule has 0 aliphatic carbocycles. The number of halogens is 2. The highest BCUT2D eigenvalue weighted by molar-refractivity contribution is 5.23. The molecule has 0 radical (unpaired) electrons. The fraction of sp³-hybridized carbons (Fsp3) is 0.0769. The van der Waals surface area contributed by atoms with Crippen LogP contribution in [0, 0.1) is 11.6 Å². The molecule has 0 aliphatic heterocycles. The minimum Gasteiger partial charge on any atom is -0.457 e. The Bertz CT molecular complexity index is 420. The van der Waals surface area contributed by atoms with Crippen molar-refractivity contribution in [3.8, 4) is 11.5 Å². The zero-order chi connectivity index (χ0) is 12.1. The Morgan fingerprint density at radius 2 is 1.00 bits per heavy atom. The van der Waals surface area contributed by atoms with Crippen LogP contribution in [0.25, 0.3) is 0 Å². The molecule has 0 bridgehead atoms. The number of hydrogen-bond donors (Lipinski definition) is 0. The van der Waals surface area contributed by atoms with Crippen molar-refractivity contribution in [2.24, 2.45) is 0 Å². The molecule has 0 aromatic heterocycles. The number of ether oxygens (including phenoxy) is 2. The van der Waals surface area contributed by atoms with E-state index in [4.69, 9.17) is 9.47 Å². The van der Waals surface area contributed by atoms with Gasteiger partial charge in [0.1, 0.15) is 23.1 Å². The van der Waals surface area contributed by atoms with Crippen molar-refractivity contribution in [1.29, 1.82) is 0 Å². The molecule has 0 heterocycles. The molecule has 0 unspecified atom stereocenters. The minimum absolute atomic E-state index is 0.0166. The summed E-state index contributed by atoms with van der Waals surface area (Å²) in [6, 6.07) is 11.2. The van der Waals surface area contributed by atoms with Gasteiger partial charge in [-0.1, -0.05) is 0 Å². The molecule has 17 heavy (non-hydrogen) atoms. The van der Waals surface area contributed by atoms with Crippen LogP contribution in [-0.4, -0.2) is 6.79 Å². The summed E-state index contributed by atoms with van der Waals surface area (Å²) < 4.78 is 35.6. The second kappa shape index (κ2) is 5.30. The summed E-state index contributed by atoms with van der Waals surface area (Å²) in [4.78, 5) is 0. The van der Waals surface area contributed by atoms with E-state index in [0.29, 0.717) is 11.5 Å². The maximum atomic E-state index is 12.6. The molecule has 0 spiro atoms. The highest BCUT2D eigenvalue weighted by Crippen LogP contribution is 2.13. The normalized spacial score (nSPS) is 10.0. The van der Waals surface area contributed by atoms with Gasteiger partial charge in [-0.05, 0) is 48.5 Å². The zero-order valence-electron chi connectivity index (χ0n) is 8.90. The molecular weight excluding hydrogens is 226 g/mol. The highest BCUT2D eigenvalue weighted by atomic mass is 19.1. The van der Waals surface area contributed by atoms with Gasteiger partial charge < -0.3 is 9.47 Å². The van der Waals surface area contributed by atoms with Crippen LogP contribution in [0.2, 0.25) is 0 Å². The van der Waals surface area contributed by atoms with E-state index in [9.17, 15) is 8.78 Å². The lowest BCUT2D eigenvalue weighted by atomic mass is 10.3. The van der Waals surface area contributed by atoms with E-state index in [2.05, 4.69) is 0 Å². The third kappa shape index (κ3) is 3.45. The van der Waals surface area contributed by atoms with Gasteiger partial charge in [-0.3, -0.25) is 0 Å². The van der Waals surface area contributed by atoms with Gasteiger partial charge in [-0.2, -0.15) is 0 Å². The molecule has 0 fully saturated rings. The molecular formula is C13H10F2O2. The molecule has 0 amide bonds. The topological polar surface area (TPSA) is 18.5 Å². The van der Waals surface area contributed by atoms with E-state index in [1.165, 1.54) is 48.5 Å². The standard InChI is InChI=1S/C13H10F2O2/c14-10-1-5-12(6-2-10)16-9-17-13-7-3-11(15)4-8-13/h1-8H,9H2. The SMILES string of the molecule is Fc1ccc(OCOc2ccc(F)cc2)cc1. The maximum absolute atomic E-state index is 12.6. The molecule has 2 rings (SSSR count). The summed E-state index contributed by atoms with van der Waals surface area (Å²) >= 11 is 0. The molecule has 2 nitrogen and oxygen atoms in total. The second-order valence-corrected chi connectivity index (χ2v) is 3.31. The predicted octanol–water partition coefficient (Wildman–Crippen LogP) is 3.38. The largest absolute Gasteiger partial charge is 0.457 e. The lowest BCUT2D eigenvalue weighted by molar-refractivity contribution is 0.119. The van der Waals surface area contributed by atoms with Crippen molar-refractivity contribution in [1.82, 2.24) is 0 Å². The lowest BCUT2D eigenvalue weighted by Gasteiger charge is -2.08. The second-order valence-electron chi connectivity index (χ2n) is 3.31. The van der Waals surface area contributed by atoms with Gasteiger partial charge in [0.2, 0.25) is 6.79 Å². The smallest absolute Gasteiger partial charge is 0.230 e. The Balaban J connectivity index is 1.83. The van der Waals surface area contributed by atoms with Crippen LogP contribution in [0.3, 0.4) is 0 Å². The number of benzene rings is 2. The zero-order valence-corrected chi connectivity index (χ0v) is 8.90. The van der Waals surface area contributed by atoms with Gasteiger partial charge in [-0.15, -0.1) is 0 Å². The minimum atomic E-state index is -0.322. The van der Waals surface area contributed by atoms with E-state index in [1.54, 1.807) is 0 Å². The molecule has 4 heteroatoms. The third-order valence-electron chi connectivity index (χ3n) is 2.08. The van der Waals surface area contributed by atoms with Crippen molar-refractivity contribution in [2.75, 3.05) is 6.79 Å². The summed E-state index contributed by atoms with van der Waals surface area (Å²) in [7, 11) is 0. The van der Waals surface area contributed by atoms with Crippen LogP contribution in [0.4, 0.5) is 8.78 Å². The molecule has 0 aliphatic rings. The Morgan fingerprint density at radius 3 is 1.35 bits per heavy atom. The lowest BCUT2D eigenvalue weighted by Crippen LogP contribution is -2.05. The quantitative estimate of drug-likeness (QED) is 0.757. The van der Waals surface area contributed by atoms with Gasteiger partial charge in [0.05, 0.1) is 0 Å². The fourth-order valence-corrected chi connectivity index (χ4v) is 1.23. The Labute approximate surface area is 97.4 Å². The molecule has 0 saturated heterocycles. The van der Waals surface area contributed by atoms with Crippen LogP contribution in [0.5, 0.6) is 11.5 Å². The van der Waals surface area contributed by atoms with E-state index in [1.807, 2.05) is 0 Å². The van der Waals surface area contributed by atoms with E-state index >= 15 is 0 Å². The van der Waals surface area contributed by atoms with Gasteiger partial charge in [0.25, 0.3) is 0 Å². The van der Waals surface area contributed by atoms with Gasteiger partial charge in [-0.25, -0.2) is 8.78 Å². The van der Waals surface area contributed by atoms with Crippen LogP contribution < -0.4 is 9.47 Å². The number of hydrogen-bond acceptors (Lipinski definition) is 2. The van der Waals surface area contributed by atoms with Crippen LogP contribution in [0.1, 0.15) is 0 Å². The first-order valence-corrected chi connectivity index (χ1v) is 5.01. The van der Waals surface area contributed by atoms with Crippen molar-refractivity contribution < 1.29 is 18.3 Å². The molecule has 88 valence electrons. The third-order valence-corrected chi connectivity index (χ3v) is 2.08. The summed E-state index contributed by atoms with van der Waals surface area (Å²) in [6.07, 6.45) is 0. The average Bonchev–Trinajstić information content (AvgIpc) is 2.34. The predicted molar refractivity (Wildman–Crippen MR) is 58.9 cm³/mol. The molecule has 0 saturated carbocycles. The van der Waals surface area contributed by atoms with Crippen molar-refractivity contribution in [3.05, 3.63) is 60.2 Å². The highest BCUT2D eigenvalue weighted by Gasteiger charge is 1.96. The molecule has 2 aromatic rings. The Hall–Kier alpha value is -2.10. The van der Waals surface area contributed by atoms with E-state index < -0.39 is 0 Å².